The molecule has 0 saturated heterocycles. The molecule has 0 atom stereocenters. The van der Waals surface area contributed by atoms with Crippen molar-refractivity contribution >= 4 is 33.6 Å². The molecule has 1 heterocycles. The number of nitrogens with one attached hydrogen (secondary N) is 2. The highest BCUT2D eigenvalue weighted by Crippen LogP contribution is 2.34. The van der Waals surface area contributed by atoms with Crippen molar-refractivity contribution in [1.82, 2.24) is 15.2 Å². The number of nitrogens with zero attached hydrogens (tertiary/aromatic N) is 1. The number of amides is 2. The molecule has 0 aliphatic rings. The summed E-state index contributed by atoms with van der Waals surface area (Å²) < 4.78 is 5.37. The number of aromatic nitrogens is 1. The first-order valence-electron chi connectivity index (χ1n) is 10.3. The Hall–Kier alpha value is -3.84. The fourth-order valence-corrected chi connectivity index (χ4v) is 3.80. The lowest BCUT2D eigenvalue weighted by Gasteiger charge is -2.12. The lowest BCUT2D eigenvalue weighted by molar-refractivity contribution is 0.0951. The standard InChI is InChI=1S/C25H26N4O3/c1-29(2)10-9-27-25(31)21-13-17(15-5-4-6-18(11-15)32-3)12-20-19-8-7-16(24(26)30)14-22(19)28-23(20)21/h4-8,11-14,28H,9-10H2,1-3H3,(H2,26,30)(H,27,31). The number of aromatic amines is 1. The Morgan fingerprint density at radius 1 is 1.03 bits per heavy atom. The Balaban J connectivity index is 1.90. The number of carbonyl (C=O) groups is 2. The van der Waals surface area contributed by atoms with E-state index in [-0.39, 0.29) is 5.91 Å². The molecule has 4 N–H and O–H groups in total. The van der Waals surface area contributed by atoms with Gasteiger partial charge in [0.2, 0.25) is 5.91 Å². The lowest BCUT2D eigenvalue weighted by atomic mass is 9.98. The molecule has 4 rings (SSSR count). The summed E-state index contributed by atoms with van der Waals surface area (Å²) in [6.07, 6.45) is 0. The second-order valence-corrected chi connectivity index (χ2v) is 7.99. The third-order valence-corrected chi connectivity index (χ3v) is 5.48. The monoisotopic (exact) mass is 430 g/mol. The van der Waals surface area contributed by atoms with E-state index in [0.717, 1.165) is 45.2 Å². The van der Waals surface area contributed by atoms with Crippen molar-refractivity contribution in [2.24, 2.45) is 5.73 Å². The normalized spacial score (nSPS) is 11.2. The summed E-state index contributed by atoms with van der Waals surface area (Å²) >= 11 is 0. The molecule has 0 radical (unpaired) electrons. The number of hydrogen-bond donors (Lipinski definition) is 3. The van der Waals surface area contributed by atoms with E-state index in [1.165, 1.54) is 0 Å². The average Bonchev–Trinajstić information content (AvgIpc) is 3.15. The fourth-order valence-electron chi connectivity index (χ4n) is 3.80. The summed E-state index contributed by atoms with van der Waals surface area (Å²) in [7, 11) is 5.55. The zero-order valence-electron chi connectivity index (χ0n) is 18.4. The summed E-state index contributed by atoms with van der Waals surface area (Å²) in [6.45, 7) is 1.27. The van der Waals surface area contributed by atoms with Crippen molar-refractivity contribution in [3.63, 3.8) is 0 Å². The number of likely N-dealkylation sites (N-methyl/N-ethyl adjacent to an activating group) is 1. The maximum Gasteiger partial charge on any atom is 0.253 e. The molecule has 4 aromatic rings. The van der Waals surface area contributed by atoms with E-state index in [1.807, 2.05) is 61.5 Å². The van der Waals surface area contributed by atoms with Gasteiger partial charge in [0.05, 0.1) is 18.2 Å². The topological polar surface area (TPSA) is 100 Å². The zero-order chi connectivity index (χ0) is 22.8. The Morgan fingerprint density at radius 2 is 1.84 bits per heavy atom. The molecule has 0 aliphatic carbocycles. The van der Waals surface area contributed by atoms with Crippen LogP contribution in [-0.4, -0.2) is 56.0 Å². The predicted molar refractivity (Wildman–Crippen MR) is 127 cm³/mol. The minimum atomic E-state index is -0.496. The van der Waals surface area contributed by atoms with E-state index in [9.17, 15) is 9.59 Å². The SMILES string of the molecule is COc1cccc(-c2cc(C(=O)NCCN(C)C)c3[nH]c4cc(C(N)=O)ccc4c3c2)c1. The van der Waals surface area contributed by atoms with E-state index in [1.54, 1.807) is 19.2 Å². The van der Waals surface area contributed by atoms with Gasteiger partial charge in [-0.25, -0.2) is 0 Å². The zero-order valence-corrected chi connectivity index (χ0v) is 18.4. The highest BCUT2D eigenvalue weighted by atomic mass is 16.5. The van der Waals surface area contributed by atoms with Crippen LogP contribution in [0.2, 0.25) is 0 Å². The van der Waals surface area contributed by atoms with Crippen molar-refractivity contribution in [3.8, 4) is 16.9 Å². The highest BCUT2D eigenvalue weighted by Gasteiger charge is 2.17. The summed E-state index contributed by atoms with van der Waals surface area (Å²) in [5.74, 6) is 0.0807. The van der Waals surface area contributed by atoms with Crippen LogP contribution in [0.4, 0.5) is 0 Å². The number of ether oxygens (including phenoxy) is 1. The molecule has 0 fully saturated rings. The first-order valence-corrected chi connectivity index (χ1v) is 10.3. The van der Waals surface area contributed by atoms with Crippen LogP contribution in [0.1, 0.15) is 20.7 Å². The Bertz CT molecular complexity index is 1320. The van der Waals surface area contributed by atoms with E-state index in [0.29, 0.717) is 17.7 Å². The van der Waals surface area contributed by atoms with Crippen molar-refractivity contribution in [3.05, 3.63) is 65.7 Å². The molecule has 0 bridgehead atoms. The van der Waals surface area contributed by atoms with Gasteiger partial charge in [0, 0.05) is 34.9 Å². The minimum absolute atomic E-state index is 0.164. The van der Waals surface area contributed by atoms with Gasteiger partial charge in [-0.2, -0.15) is 0 Å². The van der Waals surface area contributed by atoms with Crippen molar-refractivity contribution in [2.75, 3.05) is 34.3 Å². The van der Waals surface area contributed by atoms with Crippen LogP contribution < -0.4 is 15.8 Å². The Labute approximate surface area is 186 Å². The van der Waals surface area contributed by atoms with Crippen molar-refractivity contribution in [1.29, 1.82) is 0 Å². The highest BCUT2D eigenvalue weighted by molar-refractivity contribution is 6.17. The van der Waals surface area contributed by atoms with Gasteiger partial charge in [-0.3, -0.25) is 9.59 Å². The van der Waals surface area contributed by atoms with E-state index in [4.69, 9.17) is 10.5 Å². The average molecular weight is 431 g/mol. The van der Waals surface area contributed by atoms with Crippen molar-refractivity contribution < 1.29 is 14.3 Å². The first-order chi connectivity index (χ1) is 15.4. The quantitative estimate of drug-likeness (QED) is 0.418. The molecule has 1 aromatic heterocycles. The largest absolute Gasteiger partial charge is 0.497 e. The van der Waals surface area contributed by atoms with Crippen LogP contribution in [0.25, 0.3) is 32.9 Å². The number of fused-ring (bicyclic) bond motifs is 3. The van der Waals surface area contributed by atoms with Gasteiger partial charge >= 0.3 is 0 Å². The van der Waals surface area contributed by atoms with Crippen LogP contribution in [0.5, 0.6) is 5.75 Å². The third-order valence-electron chi connectivity index (χ3n) is 5.48. The summed E-state index contributed by atoms with van der Waals surface area (Å²) in [5.41, 5.74) is 9.71. The van der Waals surface area contributed by atoms with Gasteiger partial charge in [0.15, 0.2) is 0 Å². The molecule has 7 nitrogen and oxygen atoms in total. The predicted octanol–water partition coefficient (Wildman–Crippen LogP) is 3.39. The number of H-pyrrole nitrogens is 1. The number of methoxy groups -OCH3 is 1. The third kappa shape index (κ3) is 4.15. The molecule has 164 valence electrons. The van der Waals surface area contributed by atoms with Crippen LogP contribution >= 0.6 is 0 Å². The molecule has 7 heteroatoms. The van der Waals surface area contributed by atoms with Crippen LogP contribution in [0.15, 0.2) is 54.6 Å². The van der Waals surface area contributed by atoms with Gasteiger partial charge in [-0.1, -0.05) is 18.2 Å². The molecule has 32 heavy (non-hydrogen) atoms. The second kappa shape index (κ2) is 8.72. The molecule has 0 saturated carbocycles. The summed E-state index contributed by atoms with van der Waals surface area (Å²) in [6, 6.07) is 16.9. The maximum absolute atomic E-state index is 13.2. The number of nitrogens with two attached hydrogens (primary N) is 1. The number of primary amides is 1. The van der Waals surface area contributed by atoms with Crippen LogP contribution in [-0.2, 0) is 0 Å². The molecule has 2 amide bonds. The molecular weight excluding hydrogens is 404 g/mol. The lowest BCUT2D eigenvalue weighted by Crippen LogP contribution is -2.31. The van der Waals surface area contributed by atoms with E-state index < -0.39 is 5.91 Å². The summed E-state index contributed by atoms with van der Waals surface area (Å²) in [4.78, 5) is 30.1. The maximum atomic E-state index is 13.2. The van der Waals surface area contributed by atoms with Crippen LogP contribution in [0.3, 0.4) is 0 Å². The van der Waals surface area contributed by atoms with Crippen molar-refractivity contribution in [2.45, 2.75) is 0 Å². The van der Waals surface area contributed by atoms with E-state index >= 15 is 0 Å². The van der Waals surface area contributed by atoms with Gasteiger partial charge in [0.25, 0.3) is 5.91 Å². The van der Waals surface area contributed by atoms with Crippen LogP contribution in [0, 0.1) is 0 Å². The van der Waals surface area contributed by atoms with Gasteiger partial charge in [0.1, 0.15) is 5.75 Å². The molecule has 0 aliphatic heterocycles. The first kappa shape index (κ1) is 21.4. The molecule has 0 unspecified atom stereocenters. The number of rotatable bonds is 7. The van der Waals surface area contributed by atoms with E-state index in [2.05, 4.69) is 10.3 Å². The molecule has 3 aromatic carbocycles. The number of benzene rings is 3. The summed E-state index contributed by atoms with van der Waals surface area (Å²) in [5, 5.41) is 4.81. The van der Waals surface area contributed by atoms with Gasteiger partial charge in [-0.15, -0.1) is 0 Å². The Kier molecular flexibility index (Phi) is 5.83. The van der Waals surface area contributed by atoms with Gasteiger partial charge < -0.3 is 25.7 Å². The number of carbonyl (C=O) groups excluding carboxylic acids is 2. The fraction of sp³-hybridized carbons (Fsp3) is 0.200. The second-order valence-electron chi connectivity index (χ2n) is 7.99. The number of hydrogen-bond acceptors (Lipinski definition) is 4. The minimum Gasteiger partial charge on any atom is -0.497 e. The molecule has 0 spiro atoms. The smallest absolute Gasteiger partial charge is 0.253 e. The van der Waals surface area contributed by atoms with Gasteiger partial charge in [-0.05, 0) is 61.6 Å². The molecular formula is C25H26N4O3. The Morgan fingerprint density at radius 3 is 2.56 bits per heavy atom.